The fourth-order valence-corrected chi connectivity index (χ4v) is 1.24. The number of halogens is 5. The predicted molar refractivity (Wildman–Crippen MR) is 51.1 cm³/mol. The van der Waals surface area contributed by atoms with Crippen molar-refractivity contribution in [1.29, 1.82) is 0 Å². The molecule has 0 spiro atoms. The number of benzene rings is 1. The van der Waals surface area contributed by atoms with Crippen molar-refractivity contribution in [2.45, 2.75) is 4.83 Å². The third-order valence-electron chi connectivity index (χ3n) is 1.74. The number of carbonyl (C=O) groups is 1. The highest BCUT2D eigenvalue weighted by Gasteiger charge is 2.38. The van der Waals surface area contributed by atoms with Crippen molar-refractivity contribution in [2.24, 2.45) is 0 Å². The number of carbonyl (C=O) groups excluding carboxylic acids is 1. The van der Waals surface area contributed by atoms with E-state index in [-0.39, 0.29) is 0 Å². The zero-order chi connectivity index (χ0) is 12.5. The lowest BCUT2D eigenvalue weighted by molar-refractivity contribution is 0.0588. The second-order valence-electron chi connectivity index (χ2n) is 2.79. The lowest BCUT2D eigenvalue weighted by Crippen LogP contribution is -2.21. The van der Waals surface area contributed by atoms with E-state index in [1.165, 1.54) is 0 Å². The normalized spacial score (nSPS) is 11.4. The van der Waals surface area contributed by atoms with Crippen molar-refractivity contribution in [3.8, 4) is 5.75 Å². The number of alkyl halides is 3. The van der Waals surface area contributed by atoms with Crippen molar-refractivity contribution < 1.29 is 27.1 Å². The van der Waals surface area contributed by atoms with Crippen LogP contribution >= 0.6 is 15.9 Å². The molecule has 0 heterocycles. The Balaban J connectivity index is 3.33. The first kappa shape index (κ1) is 13.0. The summed E-state index contributed by atoms with van der Waals surface area (Å²) in [6, 6.07) is 0.896. The first-order valence-corrected chi connectivity index (χ1v) is 4.71. The van der Waals surface area contributed by atoms with E-state index in [0.717, 1.165) is 7.11 Å². The van der Waals surface area contributed by atoms with Gasteiger partial charge >= 0.3 is 4.83 Å². The highest BCUT2D eigenvalue weighted by atomic mass is 79.9. The Bertz CT molecular complexity index is 428. The molecule has 0 fully saturated rings. The van der Waals surface area contributed by atoms with E-state index in [1.807, 2.05) is 15.9 Å². The minimum Gasteiger partial charge on any atom is -0.496 e. The SMILES string of the molecule is COc1cc(F)c(F)cc1C(=O)C(F)(F)Br. The molecule has 0 aliphatic heterocycles. The molecular weight excluding hydrogens is 296 g/mol. The summed E-state index contributed by atoms with van der Waals surface area (Å²) in [5.74, 6) is -4.85. The van der Waals surface area contributed by atoms with Gasteiger partial charge in [0.2, 0.25) is 5.78 Å². The molecule has 0 bridgehead atoms. The largest absolute Gasteiger partial charge is 0.496 e. The number of methoxy groups -OCH3 is 1. The van der Waals surface area contributed by atoms with Crippen molar-refractivity contribution in [3.63, 3.8) is 0 Å². The van der Waals surface area contributed by atoms with Crippen LogP contribution in [-0.2, 0) is 0 Å². The van der Waals surface area contributed by atoms with E-state index in [9.17, 15) is 22.4 Å². The molecule has 0 aliphatic carbocycles. The predicted octanol–water partition coefficient (Wildman–Crippen LogP) is 3.14. The lowest BCUT2D eigenvalue weighted by atomic mass is 10.1. The summed E-state index contributed by atoms with van der Waals surface area (Å²) >= 11 is 1.83. The van der Waals surface area contributed by atoms with Crippen LogP contribution in [0.4, 0.5) is 17.6 Å². The van der Waals surface area contributed by atoms with Gasteiger partial charge in [0.25, 0.3) is 0 Å². The van der Waals surface area contributed by atoms with Gasteiger partial charge in [0.15, 0.2) is 11.6 Å². The molecule has 16 heavy (non-hydrogen) atoms. The summed E-state index contributed by atoms with van der Waals surface area (Å²) in [5, 5.41) is 0. The average molecular weight is 301 g/mol. The van der Waals surface area contributed by atoms with Crippen molar-refractivity contribution in [2.75, 3.05) is 7.11 Å². The van der Waals surface area contributed by atoms with Crippen molar-refractivity contribution >= 4 is 21.7 Å². The van der Waals surface area contributed by atoms with Crippen LogP contribution in [0.2, 0.25) is 0 Å². The monoisotopic (exact) mass is 300 g/mol. The first-order chi connectivity index (χ1) is 7.27. The highest BCUT2D eigenvalue weighted by Crippen LogP contribution is 2.32. The maximum Gasteiger partial charge on any atom is 0.363 e. The molecule has 0 atom stereocenters. The number of hydrogen-bond donors (Lipinski definition) is 0. The lowest BCUT2D eigenvalue weighted by Gasteiger charge is -2.11. The molecule has 1 aromatic carbocycles. The number of rotatable bonds is 3. The second kappa shape index (κ2) is 4.40. The van der Waals surface area contributed by atoms with E-state index < -0.39 is 33.6 Å². The average Bonchev–Trinajstić information content (AvgIpc) is 2.19. The minimum absolute atomic E-state index is 0.367. The fourth-order valence-electron chi connectivity index (χ4n) is 1.03. The van der Waals surface area contributed by atoms with Crippen LogP contribution in [0.15, 0.2) is 12.1 Å². The van der Waals surface area contributed by atoms with Gasteiger partial charge in [-0.3, -0.25) is 4.79 Å². The van der Waals surface area contributed by atoms with Crippen molar-refractivity contribution in [3.05, 3.63) is 29.3 Å². The summed E-state index contributed by atoms with van der Waals surface area (Å²) in [6.07, 6.45) is 0. The van der Waals surface area contributed by atoms with Crippen LogP contribution in [-0.4, -0.2) is 17.7 Å². The molecule has 1 rings (SSSR count). The zero-order valence-electron chi connectivity index (χ0n) is 7.86. The Morgan fingerprint density at radius 3 is 2.25 bits per heavy atom. The van der Waals surface area contributed by atoms with Crippen LogP contribution in [0.1, 0.15) is 10.4 Å². The Morgan fingerprint density at radius 1 is 1.31 bits per heavy atom. The van der Waals surface area contributed by atoms with Crippen LogP contribution in [0.5, 0.6) is 5.75 Å². The summed E-state index contributed by atoms with van der Waals surface area (Å²) in [7, 11) is 1.05. The van der Waals surface area contributed by atoms with Crippen LogP contribution in [0.25, 0.3) is 0 Å². The molecule has 88 valence electrons. The Hall–Kier alpha value is -1.11. The van der Waals surface area contributed by atoms with Gasteiger partial charge in [-0.2, -0.15) is 8.78 Å². The fraction of sp³-hybridized carbons (Fsp3) is 0.222. The number of hydrogen-bond acceptors (Lipinski definition) is 2. The van der Waals surface area contributed by atoms with Crippen LogP contribution in [0.3, 0.4) is 0 Å². The quantitative estimate of drug-likeness (QED) is 0.487. The van der Waals surface area contributed by atoms with Gasteiger partial charge in [0.1, 0.15) is 5.75 Å². The van der Waals surface area contributed by atoms with E-state index in [4.69, 9.17) is 0 Å². The second-order valence-corrected chi connectivity index (χ2v) is 3.79. The van der Waals surface area contributed by atoms with E-state index >= 15 is 0 Å². The summed E-state index contributed by atoms with van der Waals surface area (Å²) in [5.41, 5.74) is -0.733. The number of ether oxygens (including phenoxy) is 1. The molecule has 0 amide bonds. The molecule has 0 radical (unpaired) electrons. The van der Waals surface area contributed by atoms with Gasteiger partial charge < -0.3 is 4.74 Å². The smallest absolute Gasteiger partial charge is 0.363 e. The van der Waals surface area contributed by atoms with E-state index in [2.05, 4.69) is 4.74 Å². The molecule has 7 heteroatoms. The van der Waals surface area contributed by atoms with Crippen LogP contribution < -0.4 is 4.74 Å². The summed E-state index contributed by atoms with van der Waals surface area (Å²) in [6.45, 7) is 0. The number of ketones is 1. The van der Waals surface area contributed by atoms with Gasteiger partial charge in [-0.25, -0.2) is 8.78 Å². The van der Waals surface area contributed by atoms with Crippen molar-refractivity contribution in [1.82, 2.24) is 0 Å². The number of Topliss-reactive ketones (excluding diaryl/α,β-unsaturated/α-hetero) is 1. The van der Waals surface area contributed by atoms with Crippen LogP contribution in [0, 0.1) is 11.6 Å². The summed E-state index contributed by atoms with van der Waals surface area (Å²) in [4.78, 5) is 7.29. The Morgan fingerprint density at radius 2 is 1.81 bits per heavy atom. The maximum atomic E-state index is 12.8. The third kappa shape index (κ3) is 2.52. The molecule has 2 nitrogen and oxygen atoms in total. The zero-order valence-corrected chi connectivity index (χ0v) is 9.45. The molecule has 0 aromatic heterocycles. The highest BCUT2D eigenvalue weighted by molar-refractivity contribution is 9.10. The molecule has 0 aliphatic rings. The standard InChI is InChI=1S/C9H5BrF4O2/c1-16-7-3-6(12)5(11)2-4(7)8(15)9(10,13)14/h2-3H,1H3. The molecular formula is C9H5BrF4O2. The maximum absolute atomic E-state index is 12.8. The van der Waals surface area contributed by atoms with Gasteiger partial charge in [-0.15, -0.1) is 0 Å². The third-order valence-corrected chi connectivity index (χ3v) is 2.10. The molecule has 0 saturated heterocycles. The van der Waals surface area contributed by atoms with Gasteiger partial charge in [0, 0.05) is 6.07 Å². The minimum atomic E-state index is -3.86. The molecule has 0 saturated carbocycles. The Labute approximate surface area is 96.3 Å². The Kier molecular flexibility index (Phi) is 3.57. The molecule has 0 unspecified atom stereocenters. The van der Waals surface area contributed by atoms with Gasteiger partial charge in [-0.05, 0) is 22.0 Å². The molecule has 0 N–H and O–H groups in total. The topological polar surface area (TPSA) is 26.3 Å². The first-order valence-electron chi connectivity index (χ1n) is 3.92. The van der Waals surface area contributed by atoms with Gasteiger partial charge in [0.05, 0.1) is 12.7 Å². The van der Waals surface area contributed by atoms with E-state index in [0.29, 0.717) is 12.1 Å². The van der Waals surface area contributed by atoms with E-state index in [1.54, 1.807) is 0 Å². The molecule has 1 aromatic rings. The van der Waals surface area contributed by atoms with Gasteiger partial charge in [-0.1, -0.05) is 0 Å². The summed E-state index contributed by atoms with van der Waals surface area (Å²) < 4.78 is 55.3.